The Kier molecular flexibility index (Phi) is 4.16. The maximum Gasteiger partial charge on any atom is 0.0314 e. The first kappa shape index (κ1) is 11.9. The van der Waals surface area contributed by atoms with Gasteiger partial charge in [0, 0.05) is 11.4 Å². The molecule has 4 N–H and O–H groups in total. The summed E-state index contributed by atoms with van der Waals surface area (Å²) in [5, 5.41) is 0. The van der Waals surface area contributed by atoms with Crippen molar-refractivity contribution in [2.24, 2.45) is 5.73 Å². The van der Waals surface area contributed by atoms with E-state index in [1.165, 1.54) is 0 Å². The summed E-state index contributed by atoms with van der Waals surface area (Å²) in [5.74, 6) is 0. The number of hydrogen-bond donors (Lipinski definition) is 2. The smallest absolute Gasteiger partial charge is 0.0314 e. The summed E-state index contributed by atoms with van der Waals surface area (Å²) in [6, 6.07) is 7.62. The van der Waals surface area contributed by atoms with Gasteiger partial charge in [-0.2, -0.15) is 0 Å². The zero-order valence-corrected chi connectivity index (χ0v) is 9.19. The Morgan fingerprint density at radius 1 is 1.00 bits per heavy atom. The van der Waals surface area contributed by atoms with Gasteiger partial charge >= 0.3 is 0 Å². The van der Waals surface area contributed by atoms with Gasteiger partial charge in [0.15, 0.2) is 0 Å². The molecule has 82 valence electrons. The van der Waals surface area contributed by atoms with Gasteiger partial charge in [0.25, 0.3) is 0 Å². The van der Waals surface area contributed by atoms with Crippen LogP contribution in [0.1, 0.15) is 5.56 Å². The number of rotatable bonds is 4. The van der Waals surface area contributed by atoms with Crippen LogP contribution < -0.4 is 11.5 Å². The highest BCUT2D eigenvalue weighted by molar-refractivity contribution is 5.56. The van der Waals surface area contributed by atoms with E-state index in [2.05, 4.69) is 13.2 Å². The first-order chi connectivity index (χ1) is 7.58. The molecule has 0 saturated heterocycles. The highest BCUT2D eigenvalue weighted by Crippen LogP contribution is 2.08. The lowest BCUT2D eigenvalue weighted by atomic mass is 10.1. The van der Waals surface area contributed by atoms with E-state index in [1.807, 2.05) is 42.5 Å². The zero-order valence-electron chi connectivity index (χ0n) is 9.19. The molecule has 0 saturated carbocycles. The molecule has 0 heterocycles. The van der Waals surface area contributed by atoms with Crippen molar-refractivity contribution >= 4 is 11.8 Å². The Hall–Kier alpha value is -2.22. The van der Waals surface area contributed by atoms with Gasteiger partial charge in [0.2, 0.25) is 0 Å². The van der Waals surface area contributed by atoms with E-state index in [4.69, 9.17) is 11.5 Å². The van der Waals surface area contributed by atoms with Crippen molar-refractivity contribution in [1.82, 2.24) is 0 Å². The molecule has 16 heavy (non-hydrogen) atoms. The van der Waals surface area contributed by atoms with Crippen LogP contribution in [0.5, 0.6) is 0 Å². The van der Waals surface area contributed by atoms with Crippen LogP contribution in [0.4, 0.5) is 5.69 Å². The van der Waals surface area contributed by atoms with E-state index in [1.54, 1.807) is 6.08 Å². The average molecular weight is 212 g/mol. The number of benzene rings is 1. The van der Waals surface area contributed by atoms with E-state index in [0.29, 0.717) is 5.70 Å². The Balaban J connectivity index is 2.63. The summed E-state index contributed by atoms with van der Waals surface area (Å²) in [4.78, 5) is 0. The third-order valence-electron chi connectivity index (χ3n) is 1.94. The van der Waals surface area contributed by atoms with Crippen molar-refractivity contribution in [3.05, 3.63) is 72.5 Å². The van der Waals surface area contributed by atoms with Crippen molar-refractivity contribution in [1.29, 1.82) is 0 Å². The summed E-state index contributed by atoms with van der Waals surface area (Å²) < 4.78 is 0. The van der Waals surface area contributed by atoms with Gasteiger partial charge in [-0.05, 0) is 29.3 Å². The van der Waals surface area contributed by atoms with Crippen molar-refractivity contribution in [2.75, 3.05) is 5.73 Å². The fourth-order valence-corrected chi connectivity index (χ4v) is 1.08. The number of anilines is 1. The molecule has 2 heteroatoms. The molecular formula is C14H16N2. The monoisotopic (exact) mass is 212 g/mol. The number of nitrogen functional groups attached to an aromatic ring is 1. The van der Waals surface area contributed by atoms with Gasteiger partial charge in [-0.1, -0.05) is 43.5 Å². The molecule has 0 unspecified atom stereocenters. The van der Waals surface area contributed by atoms with Crippen LogP contribution >= 0.6 is 0 Å². The largest absolute Gasteiger partial charge is 0.399 e. The normalized spacial score (nSPS) is 11.0. The number of allylic oxidation sites excluding steroid dienone is 4. The van der Waals surface area contributed by atoms with Crippen LogP contribution in [0, 0.1) is 0 Å². The molecule has 0 aliphatic rings. The van der Waals surface area contributed by atoms with Crippen molar-refractivity contribution in [2.45, 2.75) is 0 Å². The summed E-state index contributed by atoms with van der Waals surface area (Å²) in [5.41, 5.74) is 14.2. The van der Waals surface area contributed by atoms with Crippen LogP contribution in [-0.4, -0.2) is 0 Å². The van der Waals surface area contributed by atoms with Crippen molar-refractivity contribution in [3.63, 3.8) is 0 Å². The molecule has 2 nitrogen and oxygen atoms in total. The standard InChI is InChI=1S/C14H16N2/c1-11(3-5-12(2)15)4-6-13-7-9-14(16)10-8-13/h3-10H,1-2,15-16H2/b5-3-,6-4+. The van der Waals surface area contributed by atoms with Gasteiger partial charge in [0.05, 0.1) is 0 Å². The molecule has 0 amide bonds. The second-order valence-corrected chi connectivity index (χ2v) is 3.48. The molecular weight excluding hydrogens is 196 g/mol. The third-order valence-corrected chi connectivity index (χ3v) is 1.94. The second-order valence-electron chi connectivity index (χ2n) is 3.48. The Labute approximate surface area is 96.3 Å². The summed E-state index contributed by atoms with van der Waals surface area (Å²) in [6.45, 7) is 7.43. The molecule has 0 aliphatic carbocycles. The molecule has 0 fully saturated rings. The minimum absolute atomic E-state index is 0.516. The minimum Gasteiger partial charge on any atom is -0.399 e. The van der Waals surface area contributed by atoms with Gasteiger partial charge in [0.1, 0.15) is 0 Å². The van der Waals surface area contributed by atoms with E-state index in [-0.39, 0.29) is 0 Å². The zero-order chi connectivity index (χ0) is 12.0. The summed E-state index contributed by atoms with van der Waals surface area (Å²) in [6.07, 6.45) is 7.40. The van der Waals surface area contributed by atoms with Gasteiger partial charge in [-0.25, -0.2) is 0 Å². The number of nitrogens with two attached hydrogens (primary N) is 2. The van der Waals surface area contributed by atoms with Crippen LogP contribution in [0.15, 0.2) is 66.9 Å². The van der Waals surface area contributed by atoms with Crippen LogP contribution in [0.2, 0.25) is 0 Å². The van der Waals surface area contributed by atoms with E-state index in [0.717, 1.165) is 16.8 Å². The molecule has 1 aromatic carbocycles. The van der Waals surface area contributed by atoms with Gasteiger partial charge < -0.3 is 11.5 Å². The lowest BCUT2D eigenvalue weighted by Crippen LogP contribution is -1.88. The Morgan fingerprint density at radius 3 is 2.19 bits per heavy atom. The third kappa shape index (κ3) is 4.33. The average Bonchev–Trinajstić information content (AvgIpc) is 2.25. The fourth-order valence-electron chi connectivity index (χ4n) is 1.08. The predicted molar refractivity (Wildman–Crippen MR) is 71.5 cm³/mol. The molecule has 1 rings (SSSR count). The lowest BCUT2D eigenvalue weighted by molar-refractivity contribution is 1.45. The highest BCUT2D eigenvalue weighted by atomic mass is 14.5. The van der Waals surface area contributed by atoms with Gasteiger partial charge in [-0.3, -0.25) is 0 Å². The minimum atomic E-state index is 0.516. The quantitative estimate of drug-likeness (QED) is 0.595. The highest BCUT2D eigenvalue weighted by Gasteiger charge is 1.87. The topological polar surface area (TPSA) is 52.0 Å². The van der Waals surface area contributed by atoms with E-state index in [9.17, 15) is 0 Å². The van der Waals surface area contributed by atoms with Crippen LogP contribution in [-0.2, 0) is 0 Å². The first-order valence-electron chi connectivity index (χ1n) is 4.93. The molecule has 0 aliphatic heterocycles. The molecule has 0 bridgehead atoms. The van der Waals surface area contributed by atoms with Crippen LogP contribution in [0.25, 0.3) is 6.08 Å². The predicted octanol–water partition coefficient (Wildman–Crippen LogP) is 2.87. The molecule has 0 spiro atoms. The molecule has 1 aromatic rings. The Bertz CT molecular complexity index is 436. The maximum absolute atomic E-state index is 5.59. The fraction of sp³-hybridized carbons (Fsp3) is 0. The molecule has 0 atom stereocenters. The molecule has 0 radical (unpaired) electrons. The summed E-state index contributed by atoms with van der Waals surface area (Å²) in [7, 11) is 0. The van der Waals surface area contributed by atoms with Crippen molar-refractivity contribution in [3.8, 4) is 0 Å². The maximum atomic E-state index is 5.59. The van der Waals surface area contributed by atoms with Crippen LogP contribution in [0.3, 0.4) is 0 Å². The second kappa shape index (κ2) is 5.61. The Morgan fingerprint density at radius 2 is 1.62 bits per heavy atom. The number of hydrogen-bond acceptors (Lipinski definition) is 2. The van der Waals surface area contributed by atoms with E-state index >= 15 is 0 Å². The summed E-state index contributed by atoms with van der Waals surface area (Å²) >= 11 is 0. The van der Waals surface area contributed by atoms with Crippen molar-refractivity contribution < 1.29 is 0 Å². The van der Waals surface area contributed by atoms with E-state index < -0.39 is 0 Å². The van der Waals surface area contributed by atoms with Gasteiger partial charge in [-0.15, -0.1) is 0 Å². The first-order valence-corrected chi connectivity index (χ1v) is 4.93. The molecule has 0 aromatic heterocycles. The lowest BCUT2D eigenvalue weighted by Gasteiger charge is -1.95. The SMILES string of the molecule is C=C(N)/C=C\C(=C)/C=C/c1ccc(N)cc1.